The molecular weight excluding hydrogens is 324 g/mol. The first kappa shape index (κ1) is 16.8. The Hall–Kier alpha value is -2.05. The van der Waals surface area contributed by atoms with E-state index in [-0.39, 0.29) is 30.6 Å². The minimum absolute atomic E-state index is 0.00876. The highest BCUT2D eigenvalue weighted by Crippen LogP contribution is 2.17. The summed E-state index contributed by atoms with van der Waals surface area (Å²) < 4.78 is 5.49. The van der Waals surface area contributed by atoms with Crippen LogP contribution in [-0.4, -0.2) is 47.4 Å². The summed E-state index contributed by atoms with van der Waals surface area (Å²) in [5.41, 5.74) is 1.47. The van der Waals surface area contributed by atoms with Crippen LogP contribution >= 0.6 is 11.3 Å². The van der Waals surface area contributed by atoms with E-state index in [1.807, 2.05) is 30.5 Å². The van der Waals surface area contributed by atoms with Gasteiger partial charge in [0.15, 0.2) is 5.78 Å². The Morgan fingerprint density at radius 3 is 2.83 bits per heavy atom. The lowest BCUT2D eigenvalue weighted by molar-refractivity contribution is -0.138. The van der Waals surface area contributed by atoms with Crippen molar-refractivity contribution in [3.8, 4) is 0 Å². The zero-order valence-electron chi connectivity index (χ0n) is 13.6. The summed E-state index contributed by atoms with van der Waals surface area (Å²) in [4.78, 5) is 31.2. The summed E-state index contributed by atoms with van der Waals surface area (Å²) in [6.07, 6.45) is 0.562. The van der Waals surface area contributed by atoms with Crippen LogP contribution in [0, 0.1) is 6.92 Å². The fourth-order valence-electron chi connectivity index (χ4n) is 2.85. The molecule has 0 spiro atoms. The molecule has 1 aliphatic rings. The fraction of sp³-hybridized carbons (Fsp3) is 0.389. The molecular formula is C18H20N2O3S. The molecule has 1 saturated heterocycles. The predicted molar refractivity (Wildman–Crippen MR) is 92.3 cm³/mol. The Morgan fingerprint density at radius 2 is 2.12 bits per heavy atom. The number of carbonyl (C=O) groups is 2. The largest absolute Gasteiger partial charge is 0.377 e. The zero-order valence-corrected chi connectivity index (χ0v) is 14.4. The topological polar surface area (TPSA) is 59.5 Å². The second kappa shape index (κ2) is 7.68. The summed E-state index contributed by atoms with van der Waals surface area (Å²) in [6, 6.07) is 8.97. The number of hydrogen-bond acceptors (Lipinski definition) is 5. The van der Waals surface area contributed by atoms with Crippen LogP contribution in [0.2, 0.25) is 0 Å². The van der Waals surface area contributed by atoms with Gasteiger partial charge in [-0.15, -0.1) is 11.3 Å². The highest BCUT2D eigenvalue weighted by Gasteiger charge is 2.29. The number of aryl methyl sites for hydroxylation is 1. The van der Waals surface area contributed by atoms with Crippen molar-refractivity contribution in [3.05, 3.63) is 52.0 Å². The molecule has 0 N–H and O–H groups in total. The van der Waals surface area contributed by atoms with Gasteiger partial charge in [0.25, 0.3) is 0 Å². The molecule has 0 saturated carbocycles. The highest BCUT2D eigenvalue weighted by atomic mass is 32.1. The number of ether oxygens (including phenoxy) is 1. The molecule has 126 valence electrons. The average molecular weight is 344 g/mol. The smallest absolute Gasteiger partial charge is 0.229 e. The van der Waals surface area contributed by atoms with Gasteiger partial charge in [-0.3, -0.25) is 9.59 Å². The second-order valence-corrected chi connectivity index (χ2v) is 6.91. The Bertz CT molecular complexity index is 714. The fourth-order valence-corrected chi connectivity index (χ4v) is 3.47. The number of amides is 1. The van der Waals surface area contributed by atoms with Gasteiger partial charge in [0.05, 0.1) is 36.4 Å². The van der Waals surface area contributed by atoms with Crippen molar-refractivity contribution >= 4 is 23.0 Å². The van der Waals surface area contributed by atoms with E-state index in [0.717, 1.165) is 10.7 Å². The van der Waals surface area contributed by atoms with Crippen LogP contribution < -0.4 is 0 Å². The number of morpholine rings is 1. The number of hydrogen-bond donors (Lipinski definition) is 0. The number of thiazole rings is 1. The average Bonchev–Trinajstić information content (AvgIpc) is 3.01. The Morgan fingerprint density at radius 1 is 1.33 bits per heavy atom. The molecule has 24 heavy (non-hydrogen) atoms. The number of benzene rings is 1. The van der Waals surface area contributed by atoms with Crippen molar-refractivity contribution < 1.29 is 14.3 Å². The third-order valence-electron chi connectivity index (χ3n) is 4.06. The first-order chi connectivity index (χ1) is 11.6. The van der Waals surface area contributed by atoms with Crippen molar-refractivity contribution in [1.29, 1.82) is 0 Å². The maximum absolute atomic E-state index is 12.6. The second-order valence-electron chi connectivity index (χ2n) is 5.84. The van der Waals surface area contributed by atoms with E-state index in [9.17, 15) is 9.59 Å². The van der Waals surface area contributed by atoms with E-state index in [0.29, 0.717) is 25.3 Å². The molecule has 0 bridgehead atoms. The van der Waals surface area contributed by atoms with Crippen molar-refractivity contribution in [3.63, 3.8) is 0 Å². The quantitative estimate of drug-likeness (QED) is 0.782. The predicted octanol–water partition coefficient (Wildman–Crippen LogP) is 2.49. The van der Waals surface area contributed by atoms with E-state index in [4.69, 9.17) is 4.74 Å². The van der Waals surface area contributed by atoms with Gasteiger partial charge in [-0.25, -0.2) is 4.98 Å². The van der Waals surface area contributed by atoms with Gasteiger partial charge in [-0.05, 0) is 6.92 Å². The molecule has 6 heteroatoms. The molecule has 1 unspecified atom stereocenters. The van der Waals surface area contributed by atoms with Gasteiger partial charge in [0, 0.05) is 23.9 Å². The molecule has 5 nitrogen and oxygen atoms in total. The van der Waals surface area contributed by atoms with Crippen molar-refractivity contribution in [2.45, 2.75) is 25.8 Å². The van der Waals surface area contributed by atoms with Gasteiger partial charge in [-0.2, -0.15) is 0 Å². The molecule has 1 aliphatic heterocycles. The Labute approximate surface area is 145 Å². The molecule has 3 rings (SSSR count). The molecule has 0 aliphatic carbocycles. The van der Waals surface area contributed by atoms with Crippen LogP contribution in [0.1, 0.15) is 27.5 Å². The van der Waals surface area contributed by atoms with Crippen molar-refractivity contribution in [2.75, 3.05) is 19.8 Å². The lowest BCUT2D eigenvalue weighted by Crippen LogP contribution is -2.50. The number of rotatable bonds is 5. The van der Waals surface area contributed by atoms with Crippen LogP contribution in [0.4, 0.5) is 0 Å². The molecule has 1 aromatic heterocycles. The van der Waals surface area contributed by atoms with E-state index < -0.39 is 0 Å². The molecule has 1 atom stereocenters. The SMILES string of the molecule is Cc1nc(CC(=O)N2CCOCC2CC(=O)c2ccccc2)cs1. The van der Waals surface area contributed by atoms with Crippen LogP contribution in [-0.2, 0) is 16.0 Å². The Kier molecular flexibility index (Phi) is 5.37. The number of nitrogens with zero attached hydrogens (tertiary/aromatic N) is 2. The minimum atomic E-state index is -0.210. The molecule has 2 aromatic rings. The monoisotopic (exact) mass is 344 g/mol. The first-order valence-electron chi connectivity index (χ1n) is 8.00. The summed E-state index contributed by atoms with van der Waals surface area (Å²) in [7, 11) is 0. The van der Waals surface area contributed by atoms with Gasteiger partial charge in [0.2, 0.25) is 5.91 Å². The summed E-state index contributed by atoms with van der Waals surface area (Å²) >= 11 is 1.54. The number of aromatic nitrogens is 1. The third-order valence-corrected chi connectivity index (χ3v) is 4.89. The standard InChI is InChI=1S/C18H20N2O3S/c1-13-19-15(12-24-13)9-18(22)20-7-8-23-11-16(20)10-17(21)14-5-3-2-4-6-14/h2-6,12,16H,7-11H2,1H3. The molecule has 1 fully saturated rings. The third kappa shape index (κ3) is 4.07. The van der Waals surface area contributed by atoms with Gasteiger partial charge in [0.1, 0.15) is 0 Å². The van der Waals surface area contributed by atoms with Crippen molar-refractivity contribution in [2.24, 2.45) is 0 Å². The van der Waals surface area contributed by atoms with E-state index in [1.54, 1.807) is 28.4 Å². The lowest BCUT2D eigenvalue weighted by Gasteiger charge is -2.35. The van der Waals surface area contributed by atoms with Crippen LogP contribution in [0.25, 0.3) is 0 Å². The maximum atomic E-state index is 12.6. The molecule has 2 heterocycles. The van der Waals surface area contributed by atoms with Crippen LogP contribution in [0.15, 0.2) is 35.7 Å². The minimum Gasteiger partial charge on any atom is -0.377 e. The molecule has 0 radical (unpaired) electrons. The van der Waals surface area contributed by atoms with Gasteiger partial charge >= 0.3 is 0 Å². The number of Topliss-reactive ketones (excluding diaryl/α,β-unsaturated/α-hetero) is 1. The van der Waals surface area contributed by atoms with E-state index >= 15 is 0 Å². The van der Waals surface area contributed by atoms with Crippen molar-refractivity contribution in [1.82, 2.24) is 9.88 Å². The van der Waals surface area contributed by atoms with E-state index in [1.165, 1.54) is 0 Å². The normalized spacial score (nSPS) is 17.7. The number of ketones is 1. The summed E-state index contributed by atoms with van der Waals surface area (Å²) in [5, 5.41) is 2.87. The highest BCUT2D eigenvalue weighted by molar-refractivity contribution is 7.09. The van der Waals surface area contributed by atoms with Crippen LogP contribution in [0.3, 0.4) is 0 Å². The maximum Gasteiger partial charge on any atom is 0.229 e. The summed E-state index contributed by atoms with van der Waals surface area (Å²) in [5.74, 6) is 0.0443. The number of carbonyl (C=O) groups excluding carboxylic acids is 2. The molecule has 1 aromatic carbocycles. The van der Waals surface area contributed by atoms with Gasteiger partial charge < -0.3 is 9.64 Å². The summed E-state index contributed by atoms with van der Waals surface area (Å²) in [6.45, 7) is 3.36. The zero-order chi connectivity index (χ0) is 16.9. The van der Waals surface area contributed by atoms with Gasteiger partial charge in [-0.1, -0.05) is 30.3 Å². The van der Waals surface area contributed by atoms with Crippen LogP contribution in [0.5, 0.6) is 0 Å². The molecule has 1 amide bonds. The van der Waals surface area contributed by atoms with E-state index in [2.05, 4.69) is 4.98 Å². The Balaban J connectivity index is 1.66. The first-order valence-corrected chi connectivity index (χ1v) is 8.88. The lowest BCUT2D eigenvalue weighted by atomic mass is 10.0.